The van der Waals surface area contributed by atoms with Crippen LogP contribution in [-0.4, -0.2) is 14.5 Å². The highest BCUT2D eigenvalue weighted by atomic mass is 16.3. The first-order valence-electron chi connectivity index (χ1n) is 8.63. The molecule has 0 aliphatic carbocycles. The van der Waals surface area contributed by atoms with E-state index in [0.717, 1.165) is 34.0 Å². The number of phenols is 1. The summed E-state index contributed by atoms with van der Waals surface area (Å²) in [7, 11) is 0. The van der Waals surface area contributed by atoms with E-state index >= 15 is 0 Å². The molecule has 2 aromatic carbocycles. The number of anilines is 2. The van der Waals surface area contributed by atoms with E-state index in [4.69, 9.17) is 4.98 Å². The summed E-state index contributed by atoms with van der Waals surface area (Å²) in [6.45, 7) is 6.24. The Morgan fingerprint density at radius 2 is 1.65 bits per heavy atom. The highest BCUT2D eigenvalue weighted by Crippen LogP contribution is 2.33. The van der Waals surface area contributed by atoms with Crippen LogP contribution in [0.4, 0.5) is 11.5 Å². The van der Waals surface area contributed by atoms with E-state index in [9.17, 15) is 5.11 Å². The van der Waals surface area contributed by atoms with Gasteiger partial charge in [0.15, 0.2) is 0 Å². The number of pyridine rings is 1. The number of aromatic hydroxyl groups is 1. The maximum absolute atomic E-state index is 9.89. The van der Waals surface area contributed by atoms with Gasteiger partial charge in [0.05, 0.1) is 0 Å². The first-order chi connectivity index (χ1) is 12.5. The molecule has 0 radical (unpaired) electrons. The first kappa shape index (κ1) is 16.2. The van der Waals surface area contributed by atoms with E-state index < -0.39 is 0 Å². The largest absolute Gasteiger partial charge is 0.508 e. The molecule has 0 amide bonds. The van der Waals surface area contributed by atoms with Gasteiger partial charge < -0.3 is 10.4 Å². The standard InChI is InChI=1S/C22H21N3O/c1-14-7-8-20-24-21(17-5-4-6-19(26)12-17)22(25(20)13-14)23-18-10-15(2)9-16(3)11-18/h4-13,23,26H,1-3H3. The summed E-state index contributed by atoms with van der Waals surface area (Å²) in [6.07, 6.45) is 2.07. The Morgan fingerprint density at radius 3 is 2.38 bits per heavy atom. The molecule has 4 aromatic rings. The van der Waals surface area contributed by atoms with Gasteiger partial charge in [-0.2, -0.15) is 0 Å². The molecule has 0 aliphatic heterocycles. The zero-order chi connectivity index (χ0) is 18.3. The Bertz CT molecular complexity index is 1090. The van der Waals surface area contributed by atoms with Crippen molar-refractivity contribution in [3.8, 4) is 17.0 Å². The Morgan fingerprint density at radius 1 is 0.885 bits per heavy atom. The SMILES string of the molecule is Cc1cc(C)cc(Nc2c(-c3cccc(O)c3)nc3ccc(C)cn23)c1. The number of imidazole rings is 1. The highest BCUT2D eigenvalue weighted by molar-refractivity contribution is 5.80. The van der Waals surface area contributed by atoms with Gasteiger partial charge in [-0.3, -0.25) is 4.40 Å². The van der Waals surface area contributed by atoms with Gasteiger partial charge in [0.25, 0.3) is 0 Å². The van der Waals surface area contributed by atoms with Crippen LogP contribution < -0.4 is 5.32 Å². The average molecular weight is 343 g/mol. The van der Waals surface area contributed by atoms with Crippen molar-refractivity contribution in [2.75, 3.05) is 5.32 Å². The number of nitrogens with zero attached hydrogens (tertiary/aromatic N) is 2. The summed E-state index contributed by atoms with van der Waals surface area (Å²) in [5, 5.41) is 13.4. The third-order valence-electron chi connectivity index (χ3n) is 4.37. The second kappa shape index (κ2) is 6.23. The van der Waals surface area contributed by atoms with Crippen LogP contribution in [0.15, 0.2) is 60.8 Å². The van der Waals surface area contributed by atoms with Crippen molar-refractivity contribution in [1.82, 2.24) is 9.38 Å². The molecule has 2 aromatic heterocycles. The minimum absolute atomic E-state index is 0.230. The van der Waals surface area contributed by atoms with Crippen molar-refractivity contribution < 1.29 is 5.11 Å². The number of hydrogen-bond donors (Lipinski definition) is 2. The number of aromatic nitrogens is 2. The molecule has 0 fully saturated rings. The quantitative estimate of drug-likeness (QED) is 0.525. The van der Waals surface area contributed by atoms with Crippen molar-refractivity contribution in [2.45, 2.75) is 20.8 Å². The average Bonchev–Trinajstić information content (AvgIpc) is 2.92. The maximum atomic E-state index is 9.89. The number of fused-ring (bicyclic) bond motifs is 1. The van der Waals surface area contributed by atoms with Crippen molar-refractivity contribution in [3.63, 3.8) is 0 Å². The van der Waals surface area contributed by atoms with Gasteiger partial charge in [-0.25, -0.2) is 4.98 Å². The van der Waals surface area contributed by atoms with E-state index in [1.807, 2.05) is 18.2 Å². The smallest absolute Gasteiger partial charge is 0.143 e. The summed E-state index contributed by atoms with van der Waals surface area (Å²) in [6, 6.07) is 17.6. The van der Waals surface area contributed by atoms with E-state index in [1.54, 1.807) is 12.1 Å². The Labute approximate surface area is 152 Å². The summed E-state index contributed by atoms with van der Waals surface area (Å²) in [5.41, 5.74) is 7.13. The van der Waals surface area contributed by atoms with Crippen molar-refractivity contribution in [3.05, 3.63) is 77.5 Å². The second-order valence-electron chi connectivity index (χ2n) is 6.80. The lowest BCUT2D eigenvalue weighted by atomic mass is 10.1. The fourth-order valence-corrected chi connectivity index (χ4v) is 3.31. The molecule has 130 valence electrons. The van der Waals surface area contributed by atoms with Gasteiger partial charge in [0, 0.05) is 17.4 Å². The molecule has 4 rings (SSSR count). The fourth-order valence-electron chi connectivity index (χ4n) is 3.31. The summed E-state index contributed by atoms with van der Waals surface area (Å²) in [5.74, 6) is 1.12. The molecule has 4 nitrogen and oxygen atoms in total. The summed E-state index contributed by atoms with van der Waals surface area (Å²) >= 11 is 0. The van der Waals surface area contributed by atoms with Gasteiger partial charge in [-0.15, -0.1) is 0 Å². The summed E-state index contributed by atoms with van der Waals surface area (Å²) < 4.78 is 2.06. The monoisotopic (exact) mass is 343 g/mol. The van der Waals surface area contributed by atoms with E-state index in [2.05, 4.69) is 61.0 Å². The van der Waals surface area contributed by atoms with Crippen molar-refractivity contribution >= 4 is 17.2 Å². The minimum atomic E-state index is 0.230. The number of nitrogens with one attached hydrogen (secondary N) is 1. The predicted octanol–water partition coefficient (Wildman–Crippen LogP) is 5.38. The van der Waals surface area contributed by atoms with Gasteiger partial charge in [0.2, 0.25) is 0 Å². The first-order valence-corrected chi connectivity index (χ1v) is 8.63. The molecular formula is C22H21N3O. The topological polar surface area (TPSA) is 49.6 Å². The van der Waals surface area contributed by atoms with Gasteiger partial charge in [-0.05, 0) is 67.8 Å². The molecule has 0 spiro atoms. The fraction of sp³-hybridized carbons (Fsp3) is 0.136. The van der Waals surface area contributed by atoms with Crippen LogP contribution in [0, 0.1) is 20.8 Å². The maximum Gasteiger partial charge on any atom is 0.143 e. The van der Waals surface area contributed by atoms with Crippen molar-refractivity contribution in [2.24, 2.45) is 0 Å². The number of phenolic OH excluding ortho intramolecular Hbond substituents is 1. The Kier molecular flexibility index (Phi) is 3.88. The third kappa shape index (κ3) is 3.02. The Balaban J connectivity index is 1.93. The van der Waals surface area contributed by atoms with Gasteiger partial charge in [-0.1, -0.05) is 24.3 Å². The molecule has 2 heterocycles. The molecule has 0 bridgehead atoms. The van der Waals surface area contributed by atoms with Gasteiger partial charge >= 0.3 is 0 Å². The normalized spacial score (nSPS) is 11.0. The summed E-state index contributed by atoms with van der Waals surface area (Å²) in [4.78, 5) is 4.80. The van der Waals surface area contributed by atoms with E-state index in [0.29, 0.717) is 0 Å². The lowest BCUT2D eigenvalue weighted by molar-refractivity contribution is 0.475. The van der Waals surface area contributed by atoms with Crippen LogP contribution in [-0.2, 0) is 0 Å². The van der Waals surface area contributed by atoms with Crippen LogP contribution in [0.1, 0.15) is 16.7 Å². The van der Waals surface area contributed by atoms with Gasteiger partial charge in [0.1, 0.15) is 22.9 Å². The molecule has 2 N–H and O–H groups in total. The lowest BCUT2D eigenvalue weighted by Gasteiger charge is -2.11. The van der Waals surface area contributed by atoms with E-state index in [1.165, 1.54) is 11.1 Å². The van der Waals surface area contributed by atoms with Crippen LogP contribution in [0.25, 0.3) is 16.9 Å². The van der Waals surface area contributed by atoms with Crippen LogP contribution in [0.5, 0.6) is 5.75 Å². The van der Waals surface area contributed by atoms with Crippen LogP contribution >= 0.6 is 0 Å². The molecule has 0 aliphatic rings. The number of hydrogen-bond acceptors (Lipinski definition) is 3. The highest BCUT2D eigenvalue weighted by Gasteiger charge is 2.15. The zero-order valence-electron chi connectivity index (χ0n) is 15.1. The molecule has 0 unspecified atom stereocenters. The molecule has 26 heavy (non-hydrogen) atoms. The Hall–Kier alpha value is -3.27. The molecule has 0 saturated carbocycles. The predicted molar refractivity (Wildman–Crippen MR) is 106 cm³/mol. The molecule has 4 heteroatoms. The number of aryl methyl sites for hydroxylation is 3. The molecular weight excluding hydrogens is 322 g/mol. The molecule has 0 atom stereocenters. The number of benzene rings is 2. The lowest BCUT2D eigenvalue weighted by Crippen LogP contribution is -1.98. The van der Waals surface area contributed by atoms with Crippen LogP contribution in [0.3, 0.4) is 0 Å². The zero-order valence-corrected chi connectivity index (χ0v) is 15.1. The molecule has 0 saturated heterocycles. The van der Waals surface area contributed by atoms with E-state index in [-0.39, 0.29) is 5.75 Å². The second-order valence-corrected chi connectivity index (χ2v) is 6.80. The van der Waals surface area contributed by atoms with Crippen molar-refractivity contribution in [1.29, 1.82) is 0 Å². The number of rotatable bonds is 3. The minimum Gasteiger partial charge on any atom is -0.508 e. The third-order valence-corrected chi connectivity index (χ3v) is 4.37. The van der Waals surface area contributed by atoms with Crippen LogP contribution in [0.2, 0.25) is 0 Å².